The van der Waals surface area contributed by atoms with Gasteiger partial charge in [-0.1, -0.05) is 49.0 Å². The summed E-state index contributed by atoms with van der Waals surface area (Å²) in [5.74, 6) is 2.08. The summed E-state index contributed by atoms with van der Waals surface area (Å²) in [5.41, 5.74) is 4.01. The normalized spacial score (nSPS) is 15.1. The summed E-state index contributed by atoms with van der Waals surface area (Å²) in [5, 5.41) is 11.8. The minimum absolute atomic E-state index is 0.189. The highest BCUT2D eigenvalue weighted by Crippen LogP contribution is 2.40. The Morgan fingerprint density at radius 1 is 1.18 bits per heavy atom. The smallest absolute Gasteiger partial charge is 0.255 e. The predicted molar refractivity (Wildman–Crippen MR) is 133 cm³/mol. The Morgan fingerprint density at radius 3 is 2.76 bits per heavy atom. The molecule has 0 bridgehead atoms. The molecule has 0 saturated heterocycles. The van der Waals surface area contributed by atoms with E-state index in [1.165, 1.54) is 0 Å². The quantitative estimate of drug-likeness (QED) is 0.435. The first-order valence-electron chi connectivity index (χ1n) is 11.2. The van der Waals surface area contributed by atoms with Crippen LogP contribution in [0.1, 0.15) is 44.4 Å². The van der Waals surface area contributed by atoms with Crippen LogP contribution in [-0.4, -0.2) is 33.0 Å². The van der Waals surface area contributed by atoms with Gasteiger partial charge in [0.1, 0.15) is 11.8 Å². The van der Waals surface area contributed by atoms with Gasteiger partial charge < -0.3 is 15.4 Å². The maximum Gasteiger partial charge on any atom is 0.255 e. The second-order valence-corrected chi connectivity index (χ2v) is 8.93. The number of aromatic nitrogens is 3. The number of aryl methyl sites for hydroxylation is 1. The number of anilines is 2. The fourth-order valence-corrected chi connectivity index (χ4v) is 4.57. The van der Waals surface area contributed by atoms with Crippen molar-refractivity contribution in [2.75, 3.05) is 23.0 Å². The predicted octanol–water partition coefficient (Wildman–Crippen LogP) is 5.41. The molecule has 0 spiro atoms. The van der Waals surface area contributed by atoms with Gasteiger partial charge in [-0.15, -0.1) is 5.10 Å². The minimum Gasteiger partial charge on any atom is -0.494 e. The molecular weight excluding hydrogens is 434 g/mol. The molecule has 1 aliphatic rings. The van der Waals surface area contributed by atoms with Crippen LogP contribution < -0.4 is 15.4 Å². The van der Waals surface area contributed by atoms with Gasteiger partial charge in [0.2, 0.25) is 11.1 Å². The topological polar surface area (TPSA) is 81.1 Å². The summed E-state index contributed by atoms with van der Waals surface area (Å²) in [6.45, 7) is 8.50. The third-order valence-electron chi connectivity index (χ3n) is 5.30. The van der Waals surface area contributed by atoms with E-state index in [1.54, 1.807) is 16.4 Å². The summed E-state index contributed by atoms with van der Waals surface area (Å²) < 4.78 is 7.73. The number of hydrogen-bond acceptors (Lipinski definition) is 6. The van der Waals surface area contributed by atoms with Crippen LogP contribution in [0.2, 0.25) is 0 Å². The van der Waals surface area contributed by atoms with Crippen LogP contribution in [0.3, 0.4) is 0 Å². The number of ether oxygens (including phenoxy) is 1. The molecule has 0 fully saturated rings. The molecule has 4 rings (SSSR count). The highest BCUT2D eigenvalue weighted by molar-refractivity contribution is 7.99. The van der Waals surface area contributed by atoms with Crippen LogP contribution in [0, 0.1) is 6.92 Å². The molecule has 2 N–H and O–H groups in total. The van der Waals surface area contributed by atoms with Gasteiger partial charge in [0.25, 0.3) is 5.91 Å². The van der Waals surface area contributed by atoms with Crippen LogP contribution in [0.5, 0.6) is 5.75 Å². The number of fused-ring (bicyclic) bond motifs is 1. The lowest BCUT2D eigenvalue weighted by atomic mass is 9.94. The standard InChI is InChI=1S/C25H29N5O2S/c1-5-14-33-25-28-24-26-17(4)21(23(31)27-18-11-9-10-16(3)15-18)22(30(24)29-25)19-12-7-8-13-20(19)32-6-2/h7-13,15,22H,5-6,14H2,1-4H3,(H,27,31)(H,26,28,29). The lowest BCUT2D eigenvalue weighted by Gasteiger charge is -2.29. The molecule has 3 aromatic rings. The average Bonchev–Trinajstić information content (AvgIpc) is 3.19. The van der Waals surface area contributed by atoms with E-state index in [1.807, 2.05) is 69.3 Å². The number of hydrogen-bond donors (Lipinski definition) is 2. The number of nitrogens with zero attached hydrogens (tertiary/aromatic N) is 3. The third-order valence-corrected chi connectivity index (χ3v) is 6.35. The molecule has 2 aromatic carbocycles. The van der Waals surface area contributed by atoms with Gasteiger partial charge in [-0.3, -0.25) is 4.79 Å². The number of thioether (sulfide) groups is 1. The fraction of sp³-hybridized carbons (Fsp3) is 0.320. The van der Waals surface area contributed by atoms with E-state index in [0.717, 1.165) is 40.4 Å². The van der Waals surface area contributed by atoms with Crippen LogP contribution in [0.15, 0.2) is 65.0 Å². The number of benzene rings is 2. The molecule has 1 atom stereocenters. The SMILES string of the molecule is CCCSc1nc2n(n1)C(c1ccccc1OCC)C(C(=O)Nc1cccc(C)c1)=C(C)N2. The zero-order valence-electron chi connectivity index (χ0n) is 19.4. The number of carbonyl (C=O) groups excluding carboxylic acids is 1. The van der Waals surface area contributed by atoms with Crippen molar-refractivity contribution in [3.8, 4) is 5.75 Å². The summed E-state index contributed by atoms with van der Waals surface area (Å²) in [6, 6.07) is 15.1. The molecule has 0 saturated carbocycles. The van der Waals surface area contributed by atoms with Gasteiger partial charge in [0, 0.05) is 22.7 Å². The summed E-state index contributed by atoms with van der Waals surface area (Å²) in [4.78, 5) is 18.3. The number of allylic oxidation sites excluding steroid dienone is 1. The molecule has 1 aromatic heterocycles. The molecule has 8 heteroatoms. The maximum atomic E-state index is 13.6. The van der Waals surface area contributed by atoms with Gasteiger partial charge in [-0.25, -0.2) is 4.68 Å². The highest BCUT2D eigenvalue weighted by atomic mass is 32.2. The lowest BCUT2D eigenvalue weighted by molar-refractivity contribution is -0.113. The van der Waals surface area contributed by atoms with Gasteiger partial charge in [0.15, 0.2) is 0 Å². The molecule has 33 heavy (non-hydrogen) atoms. The molecule has 1 amide bonds. The largest absolute Gasteiger partial charge is 0.494 e. The van der Waals surface area contributed by atoms with Gasteiger partial charge in [-0.2, -0.15) is 4.98 Å². The van der Waals surface area contributed by atoms with Crippen molar-refractivity contribution in [2.45, 2.75) is 45.3 Å². The van der Waals surface area contributed by atoms with E-state index < -0.39 is 6.04 Å². The van der Waals surface area contributed by atoms with Crippen molar-refractivity contribution in [3.05, 3.63) is 70.9 Å². The second-order valence-electron chi connectivity index (χ2n) is 7.87. The molecule has 0 aliphatic carbocycles. The van der Waals surface area contributed by atoms with Crippen LogP contribution in [0.4, 0.5) is 11.6 Å². The number of para-hydroxylation sites is 1. The zero-order valence-corrected chi connectivity index (χ0v) is 20.2. The number of rotatable bonds is 8. The first-order chi connectivity index (χ1) is 16.0. The highest BCUT2D eigenvalue weighted by Gasteiger charge is 2.36. The fourth-order valence-electron chi connectivity index (χ4n) is 3.88. The molecule has 2 heterocycles. The Labute approximate surface area is 198 Å². The van der Waals surface area contributed by atoms with Crippen molar-refractivity contribution in [2.24, 2.45) is 0 Å². The van der Waals surface area contributed by atoms with Crippen LogP contribution >= 0.6 is 11.8 Å². The van der Waals surface area contributed by atoms with E-state index in [0.29, 0.717) is 23.3 Å². The zero-order chi connectivity index (χ0) is 23.4. The van der Waals surface area contributed by atoms with Crippen LogP contribution in [-0.2, 0) is 4.79 Å². The Morgan fingerprint density at radius 2 is 2.00 bits per heavy atom. The Balaban J connectivity index is 1.80. The third kappa shape index (κ3) is 4.90. The first-order valence-corrected chi connectivity index (χ1v) is 12.2. The van der Waals surface area contributed by atoms with E-state index in [4.69, 9.17) is 9.84 Å². The first kappa shape index (κ1) is 22.9. The van der Waals surface area contributed by atoms with Gasteiger partial charge in [0.05, 0.1) is 12.2 Å². The van der Waals surface area contributed by atoms with Crippen molar-refractivity contribution >= 4 is 29.3 Å². The minimum atomic E-state index is -0.475. The van der Waals surface area contributed by atoms with Crippen molar-refractivity contribution in [1.29, 1.82) is 0 Å². The van der Waals surface area contributed by atoms with E-state index in [9.17, 15) is 4.79 Å². The Kier molecular flexibility index (Phi) is 7.03. The Hall–Kier alpha value is -3.26. The maximum absolute atomic E-state index is 13.6. The lowest BCUT2D eigenvalue weighted by Crippen LogP contribution is -2.31. The van der Waals surface area contributed by atoms with E-state index in [-0.39, 0.29) is 5.91 Å². The van der Waals surface area contributed by atoms with Gasteiger partial charge >= 0.3 is 0 Å². The monoisotopic (exact) mass is 463 g/mol. The number of nitrogens with one attached hydrogen (secondary N) is 2. The summed E-state index contributed by atoms with van der Waals surface area (Å²) >= 11 is 1.61. The van der Waals surface area contributed by atoms with E-state index in [2.05, 4.69) is 22.5 Å². The number of amides is 1. The summed E-state index contributed by atoms with van der Waals surface area (Å²) in [6.07, 6.45) is 1.03. The number of carbonyl (C=O) groups is 1. The van der Waals surface area contributed by atoms with Gasteiger partial charge in [-0.05, 0) is 51.0 Å². The molecule has 0 radical (unpaired) electrons. The molecular formula is C25H29N5O2S. The second kappa shape index (κ2) is 10.1. The summed E-state index contributed by atoms with van der Waals surface area (Å²) in [7, 11) is 0. The van der Waals surface area contributed by atoms with Crippen LogP contribution in [0.25, 0.3) is 0 Å². The molecule has 1 unspecified atom stereocenters. The Bertz CT molecular complexity index is 1190. The van der Waals surface area contributed by atoms with Crippen molar-refractivity contribution in [3.63, 3.8) is 0 Å². The average molecular weight is 464 g/mol. The van der Waals surface area contributed by atoms with E-state index >= 15 is 0 Å². The molecule has 1 aliphatic heterocycles. The molecule has 7 nitrogen and oxygen atoms in total. The van der Waals surface area contributed by atoms with Crippen molar-refractivity contribution in [1.82, 2.24) is 14.8 Å². The molecule has 172 valence electrons. The van der Waals surface area contributed by atoms with Crippen molar-refractivity contribution < 1.29 is 9.53 Å².